The predicted molar refractivity (Wildman–Crippen MR) is 145 cm³/mol. The Kier molecular flexibility index (Phi) is 10.3. The van der Waals surface area contributed by atoms with E-state index in [9.17, 15) is 23.6 Å². The number of piperazine rings is 1. The van der Waals surface area contributed by atoms with Gasteiger partial charge >= 0.3 is 12.1 Å². The fourth-order valence-corrected chi connectivity index (χ4v) is 4.82. The van der Waals surface area contributed by atoms with E-state index in [0.29, 0.717) is 43.1 Å². The third-order valence-electron chi connectivity index (χ3n) is 5.88. The van der Waals surface area contributed by atoms with Crippen molar-refractivity contribution < 1.29 is 33.0 Å². The van der Waals surface area contributed by atoms with E-state index in [1.54, 1.807) is 67.0 Å². The second kappa shape index (κ2) is 13.5. The minimum Gasteiger partial charge on any atom is -0.465 e. The summed E-state index contributed by atoms with van der Waals surface area (Å²) in [6.45, 7) is 6.70. The summed E-state index contributed by atoms with van der Waals surface area (Å²) in [5.41, 5.74) is 0.115. The molecule has 210 valence electrons. The van der Waals surface area contributed by atoms with Crippen LogP contribution in [0.5, 0.6) is 0 Å². The molecule has 2 aromatic carbocycles. The minimum absolute atomic E-state index is 0.0520. The van der Waals surface area contributed by atoms with E-state index in [4.69, 9.17) is 4.74 Å². The molecule has 0 saturated carbocycles. The van der Waals surface area contributed by atoms with Crippen molar-refractivity contribution in [2.75, 3.05) is 39.0 Å². The molecular formula is C28H34FN3O6S. The van der Waals surface area contributed by atoms with Gasteiger partial charge in [-0.3, -0.25) is 9.59 Å². The van der Waals surface area contributed by atoms with Gasteiger partial charge in [0.1, 0.15) is 11.4 Å². The molecule has 0 unspecified atom stereocenters. The number of methoxy groups -OCH3 is 1. The molecule has 1 atom stereocenters. The quantitative estimate of drug-likeness (QED) is 0.385. The number of esters is 1. The molecule has 9 nitrogen and oxygen atoms in total. The molecule has 3 amide bonds. The summed E-state index contributed by atoms with van der Waals surface area (Å²) >= 11 is 1.40. The van der Waals surface area contributed by atoms with Crippen molar-refractivity contribution in [3.63, 3.8) is 0 Å². The molecule has 3 rings (SSSR count). The molecule has 1 aliphatic rings. The predicted octanol–water partition coefficient (Wildman–Crippen LogP) is 3.97. The number of hydrogen-bond acceptors (Lipinski definition) is 7. The molecule has 11 heteroatoms. The van der Waals surface area contributed by atoms with Gasteiger partial charge in [0.25, 0.3) is 5.91 Å². The van der Waals surface area contributed by atoms with Crippen molar-refractivity contribution in [3.05, 3.63) is 65.5 Å². The first kappa shape index (κ1) is 29.9. The molecule has 1 saturated heterocycles. The Morgan fingerprint density at radius 3 is 2.05 bits per heavy atom. The fourth-order valence-electron chi connectivity index (χ4n) is 3.90. The molecule has 0 aliphatic carbocycles. The topological polar surface area (TPSA) is 105 Å². The lowest BCUT2D eigenvalue weighted by Gasteiger charge is -2.35. The number of hydrogen-bond donors (Lipinski definition) is 1. The van der Waals surface area contributed by atoms with Crippen LogP contribution in [0.2, 0.25) is 0 Å². The molecule has 1 fully saturated rings. The molecule has 1 aliphatic heterocycles. The van der Waals surface area contributed by atoms with Crippen molar-refractivity contribution in [2.45, 2.75) is 43.7 Å². The first-order chi connectivity index (χ1) is 18.4. The van der Waals surface area contributed by atoms with E-state index in [0.717, 1.165) is 4.90 Å². The Bertz CT molecular complexity index is 1160. The zero-order chi connectivity index (χ0) is 28.6. The highest BCUT2D eigenvalue weighted by molar-refractivity contribution is 7.99. The third-order valence-corrected chi connectivity index (χ3v) is 7.05. The second-order valence-corrected chi connectivity index (χ2v) is 11.1. The summed E-state index contributed by atoms with van der Waals surface area (Å²) in [4.78, 5) is 54.2. The van der Waals surface area contributed by atoms with E-state index >= 15 is 0 Å². The van der Waals surface area contributed by atoms with Crippen molar-refractivity contribution in [2.24, 2.45) is 0 Å². The smallest absolute Gasteiger partial charge is 0.407 e. The first-order valence-electron chi connectivity index (χ1n) is 12.6. The van der Waals surface area contributed by atoms with Crippen molar-refractivity contribution in [1.82, 2.24) is 15.1 Å². The highest BCUT2D eigenvalue weighted by Gasteiger charge is 2.28. The number of amides is 3. The molecule has 39 heavy (non-hydrogen) atoms. The maximum Gasteiger partial charge on any atom is 0.407 e. The van der Waals surface area contributed by atoms with Gasteiger partial charge in [0.05, 0.1) is 18.7 Å². The molecule has 1 N–H and O–H groups in total. The van der Waals surface area contributed by atoms with Gasteiger partial charge in [0.15, 0.2) is 0 Å². The number of alkyl carbamates (subject to hydrolysis) is 1. The second-order valence-electron chi connectivity index (χ2n) is 10.1. The number of carbonyl (C=O) groups is 4. The standard InChI is InChI=1S/C28H34FN3O6S/c1-28(2,3)38-27(36)30-22(18-39-23-11-9-21(29)10-12-23)17-24(33)31-13-15-32(16-14-31)25(34)19-5-7-20(8-6-19)26(35)37-4/h5-12,22H,13-18H2,1-4H3,(H,30,36)/t22-/m0/s1. The SMILES string of the molecule is COC(=O)c1ccc(C(=O)N2CCN(C(=O)C[C@@H](CSc3ccc(F)cc3)NC(=O)OC(C)(C)C)CC2)cc1. The molecule has 0 aromatic heterocycles. The van der Waals surface area contributed by atoms with Gasteiger partial charge in [0, 0.05) is 48.8 Å². The number of halogens is 1. The lowest BCUT2D eigenvalue weighted by atomic mass is 10.1. The largest absolute Gasteiger partial charge is 0.465 e. The van der Waals surface area contributed by atoms with Crippen LogP contribution >= 0.6 is 11.8 Å². The first-order valence-corrected chi connectivity index (χ1v) is 13.6. The van der Waals surface area contributed by atoms with Gasteiger partial charge in [-0.1, -0.05) is 0 Å². The maximum absolute atomic E-state index is 13.3. The zero-order valence-corrected chi connectivity index (χ0v) is 23.4. The van der Waals surface area contributed by atoms with Crippen LogP contribution in [0.25, 0.3) is 0 Å². The number of thioether (sulfide) groups is 1. The number of benzene rings is 2. The van der Waals surface area contributed by atoms with Gasteiger partial charge < -0.3 is 24.6 Å². The van der Waals surface area contributed by atoms with E-state index in [1.807, 2.05) is 0 Å². The van der Waals surface area contributed by atoms with Gasteiger partial charge in [0.2, 0.25) is 5.91 Å². The Labute approximate surface area is 232 Å². The number of ether oxygens (including phenoxy) is 2. The average molecular weight is 560 g/mol. The Balaban J connectivity index is 1.57. The highest BCUT2D eigenvalue weighted by atomic mass is 32.2. The van der Waals surface area contributed by atoms with Gasteiger partial charge in [-0.05, 0) is 69.3 Å². The molecule has 0 spiro atoms. The van der Waals surface area contributed by atoms with Crippen LogP contribution in [0.1, 0.15) is 47.9 Å². The van der Waals surface area contributed by atoms with Gasteiger partial charge in [-0.2, -0.15) is 0 Å². The summed E-state index contributed by atoms with van der Waals surface area (Å²) in [5.74, 6) is -0.759. The van der Waals surface area contributed by atoms with E-state index in [2.05, 4.69) is 10.1 Å². The highest BCUT2D eigenvalue weighted by Crippen LogP contribution is 2.21. The molecule has 1 heterocycles. The van der Waals surface area contributed by atoms with Gasteiger partial charge in [-0.25, -0.2) is 14.0 Å². The molecule has 0 bridgehead atoms. The van der Waals surface area contributed by atoms with E-state index in [1.165, 1.54) is 31.0 Å². The lowest BCUT2D eigenvalue weighted by molar-refractivity contribution is -0.133. The average Bonchev–Trinajstić information content (AvgIpc) is 2.90. The van der Waals surface area contributed by atoms with Crippen molar-refractivity contribution in [1.29, 1.82) is 0 Å². The number of carbonyl (C=O) groups excluding carboxylic acids is 4. The van der Waals surface area contributed by atoms with Crippen LogP contribution < -0.4 is 5.32 Å². The van der Waals surface area contributed by atoms with Crippen LogP contribution in [0, 0.1) is 5.82 Å². The number of rotatable bonds is 8. The van der Waals surface area contributed by atoms with Crippen LogP contribution in [-0.4, -0.2) is 84.4 Å². The zero-order valence-electron chi connectivity index (χ0n) is 22.6. The van der Waals surface area contributed by atoms with E-state index in [-0.39, 0.29) is 24.1 Å². The summed E-state index contributed by atoms with van der Waals surface area (Å²) in [6, 6.07) is 11.7. The van der Waals surface area contributed by atoms with Crippen molar-refractivity contribution >= 4 is 35.6 Å². The van der Waals surface area contributed by atoms with E-state index < -0.39 is 23.7 Å². The Morgan fingerprint density at radius 2 is 1.49 bits per heavy atom. The van der Waals surface area contributed by atoms with Crippen LogP contribution in [0.3, 0.4) is 0 Å². The maximum atomic E-state index is 13.3. The number of nitrogens with one attached hydrogen (secondary N) is 1. The normalized spacial score (nSPS) is 14.4. The Morgan fingerprint density at radius 1 is 0.923 bits per heavy atom. The molecule has 2 aromatic rings. The molecular weight excluding hydrogens is 525 g/mol. The third kappa shape index (κ3) is 9.27. The van der Waals surface area contributed by atoms with Crippen molar-refractivity contribution in [3.8, 4) is 0 Å². The van der Waals surface area contributed by atoms with Crippen LogP contribution in [-0.2, 0) is 14.3 Å². The minimum atomic E-state index is -0.689. The van der Waals surface area contributed by atoms with Crippen LogP contribution in [0.15, 0.2) is 53.4 Å². The summed E-state index contributed by atoms with van der Waals surface area (Å²) in [6.07, 6.45) is -0.565. The fraction of sp³-hybridized carbons (Fsp3) is 0.429. The number of nitrogens with zero attached hydrogens (tertiary/aromatic N) is 2. The van der Waals surface area contributed by atoms with Gasteiger partial charge in [-0.15, -0.1) is 11.8 Å². The summed E-state index contributed by atoms with van der Waals surface area (Å²) in [5, 5.41) is 2.79. The monoisotopic (exact) mass is 559 g/mol. The summed E-state index contributed by atoms with van der Waals surface area (Å²) < 4.78 is 23.3. The lowest BCUT2D eigenvalue weighted by Crippen LogP contribution is -2.52. The Hall–Kier alpha value is -3.60. The summed E-state index contributed by atoms with van der Waals surface area (Å²) in [7, 11) is 1.29. The van der Waals surface area contributed by atoms with Crippen LogP contribution in [0.4, 0.5) is 9.18 Å². The molecule has 0 radical (unpaired) electrons.